The van der Waals surface area contributed by atoms with Crippen LogP contribution in [0.5, 0.6) is 5.75 Å². The minimum Gasteiger partial charge on any atom is -0.496 e. The summed E-state index contributed by atoms with van der Waals surface area (Å²) in [5.74, 6) is -0.899. The summed E-state index contributed by atoms with van der Waals surface area (Å²) in [7, 11) is 1.48. The second-order valence-corrected chi connectivity index (χ2v) is 5.88. The number of halogens is 1. The number of ether oxygens (including phenoxy) is 1. The smallest absolute Gasteiger partial charge is 0.332 e. The molecular weight excluding hydrogens is 365 g/mol. The number of hydrogen-bond acceptors (Lipinski definition) is 5. The molecule has 0 radical (unpaired) electrons. The van der Waals surface area contributed by atoms with Crippen LogP contribution in [0.25, 0.3) is 28.2 Å². The van der Waals surface area contributed by atoms with E-state index in [0.717, 1.165) is 4.57 Å². The lowest BCUT2D eigenvalue weighted by molar-refractivity contribution is 0.0997. The Hall–Kier alpha value is -4.01. The summed E-state index contributed by atoms with van der Waals surface area (Å²) >= 11 is 0. The maximum absolute atomic E-state index is 14.3. The predicted molar refractivity (Wildman–Crippen MR) is 99.9 cm³/mol. The van der Waals surface area contributed by atoms with E-state index in [2.05, 4.69) is 15.0 Å². The number of methoxy groups -OCH3 is 1. The van der Waals surface area contributed by atoms with Gasteiger partial charge in [0.1, 0.15) is 17.1 Å². The molecule has 0 bridgehead atoms. The van der Waals surface area contributed by atoms with Gasteiger partial charge in [-0.15, -0.1) is 0 Å². The van der Waals surface area contributed by atoms with Crippen LogP contribution in [-0.4, -0.2) is 32.5 Å². The number of rotatable bonds is 4. The normalized spacial score (nSPS) is 10.9. The van der Waals surface area contributed by atoms with Gasteiger partial charge < -0.3 is 15.5 Å². The van der Waals surface area contributed by atoms with E-state index in [1.165, 1.54) is 25.3 Å². The number of benzene rings is 2. The van der Waals surface area contributed by atoms with Gasteiger partial charge in [-0.1, -0.05) is 24.3 Å². The average Bonchev–Trinajstić information content (AvgIpc) is 3.03. The molecule has 0 saturated heterocycles. The van der Waals surface area contributed by atoms with Crippen molar-refractivity contribution in [3.05, 3.63) is 70.5 Å². The number of H-pyrrole nitrogens is 1. The van der Waals surface area contributed by atoms with Crippen molar-refractivity contribution >= 4 is 17.1 Å². The summed E-state index contributed by atoms with van der Waals surface area (Å²) in [5, 5.41) is 0. The topological polar surface area (TPSA) is 116 Å². The summed E-state index contributed by atoms with van der Waals surface area (Å²) in [6, 6.07) is 12.6. The quantitative estimate of drug-likeness (QED) is 0.563. The van der Waals surface area contributed by atoms with Gasteiger partial charge >= 0.3 is 5.69 Å². The Morgan fingerprint density at radius 1 is 1.14 bits per heavy atom. The summed E-state index contributed by atoms with van der Waals surface area (Å²) < 4.78 is 20.7. The van der Waals surface area contributed by atoms with Crippen LogP contribution in [0.4, 0.5) is 4.39 Å². The van der Waals surface area contributed by atoms with Crippen molar-refractivity contribution in [1.29, 1.82) is 0 Å². The van der Waals surface area contributed by atoms with Gasteiger partial charge in [-0.2, -0.15) is 0 Å². The second kappa shape index (κ2) is 6.62. The van der Waals surface area contributed by atoms with E-state index in [1.54, 1.807) is 30.3 Å². The van der Waals surface area contributed by atoms with Crippen LogP contribution >= 0.6 is 0 Å². The third kappa shape index (κ3) is 2.69. The SMILES string of the molecule is COc1ccccc1-c1nc(C(N)=O)c2[nH]c(=O)n(-c3ccccc3F)c2n1. The average molecular weight is 379 g/mol. The highest BCUT2D eigenvalue weighted by Gasteiger charge is 2.22. The maximum Gasteiger partial charge on any atom is 0.332 e. The minimum atomic E-state index is -0.856. The molecule has 0 aliphatic heterocycles. The molecule has 0 unspecified atom stereocenters. The van der Waals surface area contributed by atoms with Crippen LogP contribution in [0.1, 0.15) is 10.5 Å². The third-order valence-electron chi connectivity index (χ3n) is 4.21. The van der Waals surface area contributed by atoms with Crippen molar-refractivity contribution in [2.24, 2.45) is 5.73 Å². The minimum absolute atomic E-state index is 0.0150. The molecule has 3 N–H and O–H groups in total. The van der Waals surface area contributed by atoms with Crippen LogP contribution in [0.3, 0.4) is 0 Å². The molecule has 0 aliphatic carbocycles. The van der Waals surface area contributed by atoms with Crippen molar-refractivity contribution in [1.82, 2.24) is 19.5 Å². The van der Waals surface area contributed by atoms with Crippen molar-refractivity contribution < 1.29 is 13.9 Å². The monoisotopic (exact) mass is 379 g/mol. The molecule has 28 heavy (non-hydrogen) atoms. The molecule has 9 heteroatoms. The summed E-state index contributed by atoms with van der Waals surface area (Å²) in [4.78, 5) is 35.6. The van der Waals surface area contributed by atoms with Gasteiger partial charge in [0.15, 0.2) is 17.2 Å². The summed E-state index contributed by atoms with van der Waals surface area (Å²) in [6.45, 7) is 0. The molecule has 0 aliphatic rings. The highest BCUT2D eigenvalue weighted by Crippen LogP contribution is 2.29. The fraction of sp³-hybridized carbons (Fsp3) is 0.0526. The lowest BCUT2D eigenvalue weighted by atomic mass is 10.2. The second-order valence-electron chi connectivity index (χ2n) is 5.88. The van der Waals surface area contributed by atoms with Crippen LogP contribution < -0.4 is 16.2 Å². The highest BCUT2D eigenvalue weighted by molar-refractivity contribution is 6.02. The standard InChI is InChI=1S/C19H14FN5O3/c1-28-13-9-5-2-6-10(13)17-22-14(16(21)26)15-18(24-17)25(19(27)23-15)12-8-4-3-7-11(12)20/h2-9H,1H3,(H2,21,26)(H,23,27). The number of nitrogens with zero attached hydrogens (tertiary/aromatic N) is 3. The van der Waals surface area contributed by atoms with Gasteiger partial charge in [-0.25, -0.2) is 23.7 Å². The molecule has 0 spiro atoms. The zero-order chi connectivity index (χ0) is 19.8. The van der Waals surface area contributed by atoms with E-state index in [4.69, 9.17) is 10.5 Å². The number of carbonyl (C=O) groups is 1. The zero-order valence-corrected chi connectivity index (χ0v) is 14.6. The van der Waals surface area contributed by atoms with Gasteiger partial charge in [0, 0.05) is 0 Å². The molecule has 1 amide bonds. The van der Waals surface area contributed by atoms with E-state index in [1.807, 2.05) is 0 Å². The first-order valence-corrected chi connectivity index (χ1v) is 8.22. The van der Waals surface area contributed by atoms with Gasteiger partial charge in [0.05, 0.1) is 18.4 Å². The Morgan fingerprint density at radius 2 is 1.86 bits per heavy atom. The van der Waals surface area contributed by atoms with Crippen molar-refractivity contribution in [2.75, 3.05) is 7.11 Å². The zero-order valence-electron chi connectivity index (χ0n) is 14.6. The number of hydrogen-bond donors (Lipinski definition) is 2. The first kappa shape index (κ1) is 17.4. The Kier molecular flexibility index (Phi) is 4.11. The molecule has 8 nitrogen and oxygen atoms in total. The van der Waals surface area contributed by atoms with Crippen LogP contribution in [0.15, 0.2) is 53.3 Å². The summed E-state index contributed by atoms with van der Waals surface area (Å²) in [5.41, 5.74) is 5.13. The molecule has 140 valence electrons. The van der Waals surface area contributed by atoms with E-state index in [9.17, 15) is 14.0 Å². The highest BCUT2D eigenvalue weighted by atomic mass is 19.1. The maximum atomic E-state index is 14.3. The van der Waals surface area contributed by atoms with Crippen LogP contribution in [0, 0.1) is 5.82 Å². The van der Waals surface area contributed by atoms with E-state index >= 15 is 0 Å². The fourth-order valence-corrected chi connectivity index (χ4v) is 2.97. The molecule has 2 aromatic carbocycles. The van der Waals surface area contributed by atoms with Crippen molar-refractivity contribution in [3.63, 3.8) is 0 Å². The van der Waals surface area contributed by atoms with E-state index in [-0.39, 0.29) is 28.4 Å². The predicted octanol–water partition coefficient (Wildman–Crippen LogP) is 2.02. The van der Waals surface area contributed by atoms with Crippen LogP contribution in [-0.2, 0) is 0 Å². The molecule has 0 saturated carbocycles. The number of primary amides is 1. The molecule has 2 heterocycles. The Labute approximate surface area is 157 Å². The number of para-hydroxylation sites is 2. The number of amides is 1. The number of imidazole rings is 1. The fourth-order valence-electron chi connectivity index (χ4n) is 2.97. The third-order valence-corrected chi connectivity index (χ3v) is 4.21. The molecule has 0 atom stereocenters. The number of aromatic amines is 1. The Balaban J connectivity index is 2.11. The number of nitrogens with one attached hydrogen (secondary N) is 1. The van der Waals surface area contributed by atoms with E-state index < -0.39 is 17.4 Å². The molecule has 4 rings (SSSR count). The molecular formula is C19H14FN5O3. The lowest BCUT2D eigenvalue weighted by Gasteiger charge is -2.09. The van der Waals surface area contributed by atoms with Crippen molar-refractivity contribution in [2.45, 2.75) is 0 Å². The van der Waals surface area contributed by atoms with Gasteiger partial charge in [-0.3, -0.25) is 4.79 Å². The van der Waals surface area contributed by atoms with E-state index in [0.29, 0.717) is 11.3 Å². The molecule has 4 aromatic rings. The largest absolute Gasteiger partial charge is 0.496 e. The number of fused-ring (bicyclic) bond motifs is 1. The molecule has 0 fully saturated rings. The number of nitrogens with two attached hydrogens (primary N) is 1. The number of carbonyl (C=O) groups excluding carboxylic acids is 1. The Morgan fingerprint density at radius 3 is 2.57 bits per heavy atom. The Bertz CT molecular complexity index is 1280. The van der Waals surface area contributed by atoms with Gasteiger partial charge in [-0.05, 0) is 24.3 Å². The van der Waals surface area contributed by atoms with Gasteiger partial charge in [0.25, 0.3) is 5.91 Å². The number of aromatic nitrogens is 4. The van der Waals surface area contributed by atoms with Crippen LogP contribution in [0.2, 0.25) is 0 Å². The first-order chi connectivity index (χ1) is 13.5. The van der Waals surface area contributed by atoms with Crippen molar-refractivity contribution in [3.8, 4) is 22.8 Å². The lowest BCUT2D eigenvalue weighted by Crippen LogP contribution is -2.16. The summed E-state index contributed by atoms with van der Waals surface area (Å²) in [6.07, 6.45) is 0. The van der Waals surface area contributed by atoms with Gasteiger partial charge in [0.2, 0.25) is 0 Å². The first-order valence-electron chi connectivity index (χ1n) is 8.22. The molecule has 2 aromatic heterocycles.